The van der Waals surface area contributed by atoms with Crippen molar-refractivity contribution in [2.75, 3.05) is 14.7 Å². The normalized spacial score (nSPS) is 15.3. The first-order valence-electron chi connectivity index (χ1n) is 33.5. The summed E-state index contributed by atoms with van der Waals surface area (Å²) in [4.78, 5) is 7.73. The molecule has 0 unspecified atom stereocenters. The third-order valence-electron chi connectivity index (χ3n) is 20.9. The van der Waals surface area contributed by atoms with Crippen LogP contribution in [0.5, 0.6) is 0 Å². The fourth-order valence-electron chi connectivity index (χ4n) is 15.2. The molecule has 9 aromatic carbocycles. The standard InChI is InChI=1S/C85H93BN4O/c1-52-45-66-67(85(19,20)44-43-84(66,17)18)51-70(52)89-71-48-62(87(58-33-25-53(26-34-58)79(2,3)4)59-35-27-54(28-36-59)80(5,6)7)41-42-68(71)86-69-47-57(83(14,15)16)46-65-76(69)90(77-64-23-21-22-24-74(64)91-78(65)77)73-50-63(49-72(89)75(73)86)88(60-37-29-55(30-38-60)81(8,9)10)61-39-31-56(32-40-61)82(11,12)13/h21-42,45-51H,43-44H2,1-20H3. The third-order valence-corrected chi connectivity index (χ3v) is 20.9. The number of hydrogen-bond donors (Lipinski definition) is 0. The first-order valence-corrected chi connectivity index (χ1v) is 33.5. The van der Waals surface area contributed by atoms with Crippen LogP contribution in [0.15, 0.2) is 180 Å². The highest BCUT2D eigenvalue weighted by Gasteiger charge is 2.46. The van der Waals surface area contributed by atoms with Crippen molar-refractivity contribution in [3.05, 3.63) is 220 Å². The van der Waals surface area contributed by atoms with Gasteiger partial charge >= 0.3 is 0 Å². The molecular formula is C85H93BN4O. The van der Waals surface area contributed by atoms with Gasteiger partial charge in [-0.05, 0) is 216 Å². The molecule has 4 heterocycles. The molecule has 14 rings (SSSR count). The number of aryl methyl sites for hydroxylation is 1. The van der Waals surface area contributed by atoms with E-state index in [4.69, 9.17) is 4.42 Å². The highest BCUT2D eigenvalue weighted by molar-refractivity contribution is 7.00. The summed E-state index contributed by atoms with van der Waals surface area (Å²) in [5.74, 6) is 0. The van der Waals surface area contributed by atoms with Crippen LogP contribution >= 0.6 is 0 Å². The number of para-hydroxylation sites is 1. The predicted octanol–water partition coefficient (Wildman–Crippen LogP) is 22.2. The van der Waals surface area contributed by atoms with E-state index < -0.39 is 0 Å². The van der Waals surface area contributed by atoms with Gasteiger partial charge in [-0.15, -0.1) is 0 Å². The highest BCUT2D eigenvalue weighted by atomic mass is 16.3. The van der Waals surface area contributed by atoms with Gasteiger partial charge in [-0.3, -0.25) is 0 Å². The molecule has 1 aliphatic carbocycles. The molecule has 0 N–H and O–H groups in total. The van der Waals surface area contributed by atoms with Crippen LogP contribution in [0.2, 0.25) is 0 Å². The van der Waals surface area contributed by atoms with E-state index in [1.807, 2.05) is 0 Å². The van der Waals surface area contributed by atoms with Crippen LogP contribution < -0.4 is 31.1 Å². The van der Waals surface area contributed by atoms with Crippen LogP contribution in [0.3, 0.4) is 0 Å². The number of hydrogen-bond acceptors (Lipinski definition) is 4. The molecule has 0 amide bonds. The number of nitrogens with zero attached hydrogens (tertiary/aromatic N) is 4. The zero-order valence-electron chi connectivity index (χ0n) is 57.9. The maximum absolute atomic E-state index is 7.22. The molecule has 0 saturated carbocycles. The lowest BCUT2D eigenvalue weighted by molar-refractivity contribution is 0.332. The van der Waals surface area contributed by atoms with Crippen LogP contribution in [-0.4, -0.2) is 11.3 Å². The first kappa shape index (κ1) is 60.4. The number of rotatable bonds is 7. The maximum atomic E-state index is 7.22. The Bertz CT molecular complexity index is 4590. The summed E-state index contributed by atoms with van der Waals surface area (Å²) in [6.45, 7) is 46.9. The first-order chi connectivity index (χ1) is 42.7. The molecule has 5 nitrogen and oxygen atoms in total. The zero-order valence-corrected chi connectivity index (χ0v) is 57.9. The molecule has 462 valence electrons. The van der Waals surface area contributed by atoms with Gasteiger partial charge in [0, 0.05) is 62.0 Å². The fraction of sp³-hybridized carbons (Fsp3) is 0.341. The highest BCUT2D eigenvalue weighted by Crippen LogP contribution is 2.53. The second kappa shape index (κ2) is 20.4. The van der Waals surface area contributed by atoms with Crippen molar-refractivity contribution in [3.63, 3.8) is 0 Å². The summed E-state index contributed by atoms with van der Waals surface area (Å²) in [6, 6.07) is 68.8. The van der Waals surface area contributed by atoms with Crippen molar-refractivity contribution in [1.29, 1.82) is 0 Å². The largest absolute Gasteiger partial charge is 0.454 e. The molecule has 0 radical (unpaired) electrons. The summed E-state index contributed by atoms with van der Waals surface area (Å²) < 4.78 is 9.84. The molecule has 0 atom stereocenters. The Morgan fingerprint density at radius 2 is 0.813 bits per heavy atom. The zero-order chi connectivity index (χ0) is 64.6. The van der Waals surface area contributed by atoms with Gasteiger partial charge in [0.1, 0.15) is 11.1 Å². The van der Waals surface area contributed by atoms with Crippen LogP contribution in [-0.2, 0) is 37.9 Å². The summed E-state index contributed by atoms with van der Waals surface area (Å²) in [5.41, 5.74) is 29.8. The minimum Gasteiger partial charge on any atom is -0.454 e. The van der Waals surface area contributed by atoms with Crippen molar-refractivity contribution >= 4 is 107 Å². The molecule has 0 fully saturated rings. The number of aromatic nitrogens is 1. The van der Waals surface area contributed by atoms with Crippen molar-refractivity contribution in [1.82, 2.24) is 4.57 Å². The average molecular weight is 1200 g/mol. The Morgan fingerprint density at radius 3 is 1.30 bits per heavy atom. The van der Waals surface area contributed by atoms with E-state index in [2.05, 4.69) is 334 Å². The molecule has 0 saturated heterocycles. The fourth-order valence-corrected chi connectivity index (χ4v) is 15.2. The Labute approximate surface area is 543 Å². The minimum atomic E-state index is -0.163. The molecule has 2 aliphatic heterocycles. The van der Waals surface area contributed by atoms with Gasteiger partial charge in [0.2, 0.25) is 0 Å². The Kier molecular flexibility index (Phi) is 13.5. The van der Waals surface area contributed by atoms with Gasteiger partial charge < -0.3 is 23.7 Å². The molecule has 2 aromatic heterocycles. The average Bonchev–Trinajstić information content (AvgIpc) is 1.62. The van der Waals surface area contributed by atoms with Crippen molar-refractivity contribution < 1.29 is 4.42 Å². The van der Waals surface area contributed by atoms with E-state index in [0.717, 1.165) is 74.4 Å². The van der Waals surface area contributed by atoms with E-state index >= 15 is 0 Å². The topological polar surface area (TPSA) is 27.8 Å². The van der Waals surface area contributed by atoms with Crippen molar-refractivity contribution in [2.24, 2.45) is 0 Å². The van der Waals surface area contributed by atoms with E-state index in [-0.39, 0.29) is 44.6 Å². The van der Waals surface area contributed by atoms with Gasteiger partial charge in [-0.1, -0.05) is 210 Å². The molecule has 91 heavy (non-hydrogen) atoms. The smallest absolute Gasteiger partial charge is 0.252 e. The summed E-state index contributed by atoms with van der Waals surface area (Å²) >= 11 is 0. The number of furan rings is 1. The molecular weight excluding hydrogens is 1100 g/mol. The van der Waals surface area contributed by atoms with Crippen LogP contribution in [0.25, 0.3) is 38.7 Å². The minimum absolute atomic E-state index is 0.00178. The Morgan fingerprint density at radius 1 is 0.385 bits per heavy atom. The number of anilines is 9. The predicted molar refractivity (Wildman–Crippen MR) is 393 cm³/mol. The molecule has 0 bridgehead atoms. The van der Waals surface area contributed by atoms with Crippen LogP contribution in [0.4, 0.5) is 51.2 Å². The van der Waals surface area contributed by atoms with Crippen LogP contribution in [0, 0.1) is 6.92 Å². The van der Waals surface area contributed by atoms with Crippen molar-refractivity contribution in [3.8, 4) is 5.69 Å². The summed E-state index contributed by atoms with van der Waals surface area (Å²) in [7, 11) is 0. The Balaban J connectivity index is 1.14. The van der Waals surface area contributed by atoms with Gasteiger partial charge in [-0.2, -0.15) is 0 Å². The summed E-state index contributed by atoms with van der Waals surface area (Å²) in [6.07, 6.45) is 2.26. The lowest BCUT2D eigenvalue weighted by Gasteiger charge is -2.45. The van der Waals surface area contributed by atoms with E-state index in [1.54, 1.807) is 0 Å². The Hall–Kier alpha value is -8.22. The van der Waals surface area contributed by atoms with Crippen molar-refractivity contribution in [2.45, 2.75) is 189 Å². The molecule has 11 aromatic rings. The van der Waals surface area contributed by atoms with E-state index in [0.29, 0.717) is 0 Å². The lowest BCUT2D eigenvalue weighted by Crippen LogP contribution is -2.60. The summed E-state index contributed by atoms with van der Waals surface area (Å²) in [5, 5.41) is 2.26. The van der Waals surface area contributed by atoms with Gasteiger partial charge in [0.25, 0.3) is 6.71 Å². The molecule has 3 aliphatic rings. The second-order valence-electron chi connectivity index (χ2n) is 33.5. The second-order valence-corrected chi connectivity index (χ2v) is 33.5. The number of fused-ring (bicyclic) bond motifs is 10. The van der Waals surface area contributed by atoms with Crippen LogP contribution in [0.1, 0.15) is 189 Å². The molecule has 0 spiro atoms. The quantitative estimate of drug-likeness (QED) is 0.149. The number of benzene rings is 9. The van der Waals surface area contributed by atoms with Gasteiger partial charge in [0.15, 0.2) is 5.58 Å². The SMILES string of the molecule is Cc1cc2c(cc1N1c3cc(N(c4ccc(C(C)(C)C)cc4)c4ccc(C(C)(C)C)cc4)ccc3B3c4c1cc(N(c1ccc(C(C)(C)C)cc1)c1ccc(C(C)(C)C)cc1)cc4-n1c4c3cc(C(C)(C)C)cc4c3oc4ccccc4c31)C(C)(C)CCC2(C)C. The van der Waals surface area contributed by atoms with Gasteiger partial charge in [0.05, 0.1) is 11.2 Å². The maximum Gasteiger partial charge on any atom is 0.252 e. The van der Waals surface area contributed by atoms with E-state index in [1.165, 1.54) is 89.2 Å². The van der Waals surface area contributed by atoms with E-state index in [9.17, 15) is 0 Å². The molecule has 6 heteroatoms. The third kappa shape index (κ3) is 9.95. The van der Waals surface area contributed by atoms with Gasteiger partial charge in [-0.25, -0.2) is 0 Å². The monoisotopic (exact) mass is 1200 g/mol. The lowest BCUT2D eigenvalue weighted by atomic mass is 9.33.